The molecule has 0 N–H and O–H groups in total. The van der Waals surface area contributed by atoms with E-state index in [1.54, 1.807) is 0 Å². The van der Waals surface area contributed by atoms with Gasteiger partial charge in [-0.25, -0.2) is 9.59 Å². The predicted molar refractivity (Wildman–Crippen MR) is 164 cm³/mol. The number of benzene rings is 3. The molecule has 0 aliphatic heterocycles. The topological polar surface area (TPSA) is 71.1 Å². The van der Waals surface area contributed by atoms with Crippen molar-refractivity contribution in [2.75, 3.05) is 28.4 Å². The van der Waals surface area contributed by atoms with Gasteiger partial charge in [-0.3, -0.25) is 0 Å². The number of esters is 2. The number of carbonyl (C=O) groups is 2. The minimum Gasteiger partial charge on any atom is -0.496 e. The number of hydrogen-bond donors (Lipinski definition) is 0. The maximum Gasteiger partial charge on any atom is 0.334 e. The molecule has 12 atom stereocenters. The number of hydrogen-bond acceptors (Lipinski definition) is 6. The van der Waals surface area contributed by atoms with Crippen molar-refractivity contribution < 1.29 is 28.5 Å². The van der Waals surface area contributed by atoms with E-state index < -0.39 is 0 Å². The molecule has 0 heterocycles. The molecule has 5 fully saturated rings. The van der Waals surface area contributed by atoms with Crippen LogP contribution >= 0.6 is 0 Å². The highest BCUT2D eigenvalue weighted by atomic mass is 16.5. The first-order valence-electron chi connectivity index (χ1n) is 16.3. The smallest absolute Gasteiger partial charge is 0.334 e. The van der Waals surface area contributed by atoms with Gasteiger partial charge in [0.25, 0.3) is 0 Å². The van der Waals surface area contributed by atoms with Crippen LogP contribution in [0.1, 0.15) is 49.7 Å². The molecule has 7 aliphatic carbocycles. The summed E-state index contributed by atoms with van der Waals surface area (Å²) < 4.78 is 23.1. The zero-order valence-electron chi connectivity index (χ0n) is 26.1. The van der Waals surface area contributed by atoms with Gasteiger partial charge >= 0.3 is 11.9 Å². The Bertz CT molecular complexity index is 1790. The van der Waals surface area contributed by atoms with E-state index in [0.717, 1.165) is 35.1 Å². The summed E-state index contributed by atoms with van der Waals surface area (Å²) in [5.41, 5.74) is 4.38. The first-order chi connectivity index (χ1) is 21.3. The van der Waals surface area contributed by atoms with Crippen LogP contribution in [0.2, 0.25) is 0 Å². The second-order valence-electron chi connectivity index (χ2n) is 15.2. The molecule has 0 amide bonds. The highest BCUT2D eigenvalue weighted by molar-refractivity contribution is 6.06. The lowest BCUT2D eigenvalue weighted by atomic mass is 9.19. The van der Waals surface area contributed by atoms with Crippen molar-refractivity contribution in [3.8, 4) is 11.5 Å². The molecule has 226 valence electrons. The van der Waals surface area contributed by atoms with Crippen LogP contribution in [0.3, 0.4) is 0 Å². The van der Waals surface area contributed by atoms with Gasteiger partial charge in [-0.15, -0.1) is 0 Å². The molecule has 44 heavy (non-hydrogen) atoms. The van der Waals surface area contributed by atoms with Crippen molar-refractivity contribution in [2.45, 2.75) is 38.5 Å². The quantitative estimate of drug-likeness (QED) is 0.147. The largest absolute Gasteiger partial charge is 0.496 e. The van der Waals surface area contributed by atoms with E-state index in [2.05, 4.69) is 50.2 Å². The summed E-state index contributed by atoms with van der Waals surface area (Å²) >= 11 is 0. The third kappa shape index (κ3) is 2.32. The average molecular weight is 591 g/mol. The van der Waals surface area contributed by atoms with Gasteiger partial charge in [-0.1, -0.05) is 38.1 Å². The Labute approximate surface area is 257 Å². The molecule has 6 nitrogen and oxygen atoms in total. The monoisotopic (exact) mass is 590 g/mol. The van der Waals surface area contributed by atoms with Crippen molar-refractivity contribution in [1.29, 1.82) is 0 Å². The van der Waals surface area contributed by atoms with Gasteiger partial charge in [-0.05, 0) is 93.9 Å². The molecule has 0 spiro atoms. The molecular formula is C38H38O6. The highest BCUT2D eigenvalue weighted by Gasteiger charge is 2.91. The molecule has 0 aromatic heterocycles. The number of methoxy groups -OCH3 is 4. The third-order valence-electron chi connectivity index (χ3n) is 14.9. The molecule has 10 rings (SSSR count). The fourth-order valence-electron chi connectivity index (χ4n) is 14.1. The van der Waals surface area contributed by atoms with Gasteiger partial charge in [0.15, 0.2) is 0 Å². The number of carbonyl (C=O) groups excluding carboxylic acids is 2. The molecule has 0 radical (unpaired) electrons. The SMILES string of the molecule is COC(=O)C1=C(C(=O)OC)[C@H]2[C@H]3C[C@@H]([C@@H]12)[C@H]1[C@@H]3[C@]2(C)[C@@H]3[C@@H]([C@H]4C[C@@H]3c3c4c(OC)c4cc5ccccc5cc4c3OC)[C@]12C. The summed E-state index contributed by atoms with van der Waals surface area (Å²) in [6.45, 7) is 5.15. The van der Waals surface area contributed by atoms with Crippen molar-refractivity contribution in [3.05, 3.63) is 58.7 Å². The zero-order chi connectivity index (χ0) is 30.2. The van der Waals surface area contributed by atoms with Crippen molar-refractivity contribution >= 4 is 33.5 Å². The summed E-state index contributed by atoms with van der Waals surface area (Å²) in [6, 6.07) is 13.1. The van der Waals surface area contributed by atoms with Crippen LogP contribution in [0.4, 0.5) is 0 Å². The summed E-state index contributed by atoms with van der Waals surface area (Å²) in [6.07, 6.45) is 2.25. The third-order valence-corrected chi connectivity index (χ3v) is 14.9. The lowest BCUT2D eigenvalue weighted by molar-refractivity contribution is -0.369. The molecule has 3 aromatic rings. The lowest BCUT2D eigenvalue weighted by Gasteiger charge is -2.85. The van der Waals surface area contributed by atoms with Crippen LogP contribution in [0.5, 0.6) is 11.5 Å². The predicted octanol–water partition coefficient (Wildman–Crippen LogP) is 6.64. The van der Waals surface area contributed by atoms with E-state index >= 15 is 0 Å². The lowest BCUT2D eigenvalue weighted by Crippen LogP contribution is -2.81. The summed E-state index contributed by atoms with van der Waals surface area (Å²) in [4.78, 5) is 26.0. The van der Waals surface area contributed by atoms with Gasteiger partial charge in [0.05, 0.1) is 39.6 Å². The Morgan fingerprint density at radius 3 is 1.48 bits per heavy atom. The summed E-state index contributed by atoms with van der Waals surface area (Å²) in [5, 5.41) is 4.71. The second-order valence-corrected chi connectivity index (χ2v) is 15.2. The highest BCUT2D eigenvalue weighted by Crippen LogP contribution is 2.96. The molecule has 0 unspecified atom stereocenters. The molecular weight excluding hydrogens is 552 g/mol. The fraction of sp³-hybridized carbons (Fsp3) is 0.526. The molecule has 3 aromatic carbocycles. The normalized spacial score (nSPS) is 42.4. The number of rotatable bonds is 4. The zero-order valence-corrected chi connectivity index (χ0v) is 26.1. The molecule has 5 saturated carbocycles. The minimum absolute atomic E-state index is 0.126. The van der Waals surface area contributed by atoms with E-state index in [0.29, 0.717) is 58.5 Å². The van der Waals surface area contributed by atoms with Crippen molar-refractivity contribution in [2.24, 2.45) is 58.2 Å². The average Bonchev–Trinajstić information content (AvgIpc) is 3.77. The number of ether oxygens (including phenoxy) is 4. The van der Waals surface area contributed by atoms with Crippen LogP contribution in [-0.4, -0.2) is 40.4 Å². The van der Waals surface area contributed by atoms with E-state index in [4.69, 9.17) is 18.9 Å². The first-order valence-corrected chi connectivity index (χ1v) is 16.3. The van der Waals surface area contributed by atoms with Crippen molar-refractivity contribution in [1.82, 2.24) is 0 Å². The van der Waals surface area contributed by atoms with Crippen LogP contribution in [0.15, 0.2) is 47.5 Å². The van der Waals surface area contributed by atoms with Crippen LogP contribution in [-0.2, 0) is 19.1 Å². The molecule has 6 heteroatoms. The standard InChI is InChI=1S/C38H38O6/c1-37-29-19-13-20(24-23(19)27(35(39)43-5)28(24)36(40)44-6)30(29)38(37,2)32-22-14-21(31(32)37)25-26(22)34(42-4)18-12-16-10-8-7-9-15(16)11-17(18)33(25)41-3/h7-12,19-24,29-32H,13-14H2,1-6H3/t19-,20+,21-,22+,23+,24-,29-,30+,31+,32-,37-,38+. The minimum atomic E-state index is -0.348. The van der Waals surface area contributed by atoms with E-state index in [1.165, 1.54) is 36.1 Å². The Kier molecular flexibility index (Phi) is 4.57. The second kappa shape index (κ2) is 7.81. The van der Waals surface area contributed by atoms with Crippen LogP contribution < -0.4 is 9.47 Å². The van der Waals surface area contributed by atoms with Gasteiger partial charge < -0.3 is 18.9 Å². The Morgan fingerprint density at radius 1 is 0.659 bits per heavy atom. The first kappa shape index (κ1) is 25.8. The fourth-order valence-corrected chi connectivity index (χ4v) is 14.1. The Balaban J connectivity index is 1.12. The maximum absolute atomic E-state index is 13.0. The summed E-state index contributed by atoms with van der Waals surface area (Å²) in [5.74, 6) is 5.67. The summed E-state index contributed by atoms with van der Waals surface area (Å²) in [7, 11) is 6.51. The van der Waals surface area contributed by atoms with Crippen LogP contribution in [0.25, 0.3) is 21.5 Å². The van der Waals surface area contributed by atoms with Gasteiger partial charge in [0.1, 0.15) is 11.5 Å². The van der Waals surface area contributed by atoms with E-state index in [-0.39, 0.29) is 34.6 Å². The maximum atomic E-state index is 13.0. The van der Waals surface area contributed by atoms with Gasteiger partial charge in [0, 0.05) is 33.7 Å². The van der Waals surface area contributed by atoms with E-state index in [9.17, 15) is 9.59 Å². The van der Waals surface area contributed by atoms with Gasteiger partial charge in [-0.2, -0.15) is 0 Å². The molecule has 4 bridgehead atoms. The Morgan fingerprint density at radius 2 is 1.09 bits per heavy atom. The number of fused-ring (bicyclic) bond motifs is 23. The van der Waals surface area contributed by atoms with E-state index in [1.807, 2.05) is 14.2 Å². The molecule has 0 saturated heterocycles. The van der Waals surface area contributed by atoms with Crippen LogP contribution in [0, 0.1) is 58.2 Å². The van der Waals surface area contributed by atoms with Gasteiger partial charge in [0.2, 0.25) is 0 Å². The Hall–Kier alpha value is -3.54. The molecule has 7 aliphatic rings. The van der Waals surface area contributed by atoms with Crippen molar-refractivity contribution in [3.63, 3.8) is 0 Å².